The molecule has 0 spiro atoms. The molecule has 0 aliphatic rings. The molecule has 0 N–H and O–H groups in total. The number of methoxy groups -OCH3 is 1. The Morgan fingerprint density at radius 1 is 1.07 bits per heavy atom. The van der Waals surface area contributed by atoms with Gasteiger partial charge in [-0.3, -0.25) is 4.79 Å². The molecular formula is C23H29IO4. The Balaban J connectivity index is 2.10. The first kappa shape index (κ1) is 22.8. The van der Waals surface area contributed by atoms with E-state index < -0.39 is 0 Å². The highest BCUT2D eigenvalue weighted by molar-refractivity contribution is 14.1. The highest BCUT2D eigenvalue weighted by Gasteiger charge is 2.28. The Labute approximate surface area is 181 Å². The van der Waals surface area contributed by atoms with Gasteiger partial charge < -0.3 is 14.2 Å². The van der Waals surface area contributed by atoms with Gasteiger partial charge in [-0.2, -0.15) is 0 Å². The zero-order valence-corrected chi connectivity index (χ0v) is 18.8. The third-order valence-corrected chi connectivity index (χ3v) is 5.48. The minimum atomic E-state index is -0.347. The first-order chi connectivity index (χ1) is 13.7. The molecule has 0 aliphatic carbocycles. The Morgan fingerprint density at radius 3 is 2.46 bits per heavy atom. The smallest absolute Gasteiger partial charge is 0.306 e. The summed E-state index contributed by atoms with van der Waals surface area (Å²) in [7, 11) is 1.60. The second kappa shape index (κ2) is 12.9. The van der Waals surface area contributed by atoms with Gasteiger partial charge in [0.15, 0.2) is 0 Å². The van der Waals surface area contributed by atoms with Crippen molar-refractivity contribution in [1.29, 1.82) is 0 Å². The van der Waals surface area contributed by atoms with Crippen molar-refractivity contribution >= 4 is 28.6 Å². The van der Waals surface area contributed by atoms with Crippen molar-refractivity contribution in [3.63, 3.8) is 0 Å². The number of benzene rings is 2. The summed E-state index contributed by atoms with van der Waals surface area (Å²) >= 11 is 2.30. The lowest BCUT2D eigenvalue weighted by atomic mass is 9.99. The zero-order chi connectivity index (χ0) is 20.2. The maximum absolute atomic E-state index is 12.6. The van der Waals surface area contributed by atoms with Crippen LogP contribution in [0.25, 0.3) is 0 Å². The van der Waals surface area contributed by atoms with Gasteiger partial charge in [-0.15, -0.1) is 0 Å². The maximum atomic E-state index is 12.6. The molecule has 0 aromatic heterocycles. The fourth-order valence-corrected chi connectivity index (χ4v) is 3.74. The summed E-state index contributed by atoms with van der Waals surface area (Å²) in [6.45, 7) is 2.28. The number of hydrogen-bond acceptors (Lipinski definition) is 4. The lowest BCUT2D eigenvalue weighted by Gasteiger charge is -2.28. The molecule has 4 nitrogen and oxygen atoms in total. The largest absolute Gasteiger partial charge is 0.459 e. The minimum absolute atomic E-state index is 0.153. The van der Waals surface area contributed by atoms with Gasteiger partial charge in [0, 0.05) is 17.1 Å². The van der Waals surface area contributed by atoms with E-state index in [4.69, 9.17) is 14.2 Å². The SMILES string of the molecule is CCCC[C@H](OC(=O)CCc1ccccc1)[C@@H](OCOC)c1ccccc1I. The summed E-state index contributed by atoms with van der Waals surface area (Å²) in [4.78, 5) is 12.6. The normalized spacial score (nSPS) is 13.1. The summed E-state index contributed by atoms with van der Waals surface area (Å²) < 4.78 is 18.1. The van der Waals surface area contributed by atoms with E-state index in [2.05, 4.69) is 29.5 Å². The van der Waals surface area contributed by atoms with Crippen molar-refractivity contribution in [3.05, 3.63) is 69.3 Å². The van der Waals surface area contributed by atoms with Crippen LogP contribution in [0, 0.1) is 3.57 Å². The Bertz CT molecular complexity index is 705. The lowest BCUT2D eigenvalue weighted by molar-refractivity contribution is -0.167. The molecule has 28 heavy (non-hydrogen) atoms. The van der Waals surface area contributed by atoms with Gasteiger partial charge in [-0.25, -0.2) is 0 Å². The summed E-state index contributed by atoms with van der Waals surface area (Å²) in [5, 5.41) is 0. The fraction of sp³-hybridized carbons (Fsp3) is 0.435. The molecule has 2 aromatic rings. The molecule has 152 valence electrons. The lowest BCUT2D eigenvalue weighted by Crippen LogP contribution is -2.29. The molecule has 0 fully saturated rings. The molecule has 0 unspecified atom stereocenters. The van der Waals surface area contributed by atoms with Crippen LogP contribution < -0.4 is 0 Å². The maximum Gasteiger partial charge on any atom is 0.306 e. The number of unbranched alkanes of at least 4 members (excludes halogenated alkanes) is 1. The molecule has 0 bridgehead atoms. The number of esters is 1. The van der Waals surface area contributed by atoms with Gasteiger partial charge in [-0.05, 0) is 59.0 Å². The summed E-state index contributed by atoms with van der Waals surface area (Å²) in [6.07, 6.45) is 3.10. The van der Waals surface area contributed by atoms with Crippen molar-refractivity contribution in [2.24, 2.45) is 0 Å². The second-order valence-electron chi connectivity index (χ2n) is 6.67. The minimum Gasteiger partial charge on any atom is -0.459 e. The van der Waals surface area contributed by atoms with Gasteiger partial charge in [0.2, 0.25) is 0 Å². The summed E-state index contributed by atoms with van der Waals surface area (Å²) in [5.41, 5.74) is 2.16. The third-order valence-electron chi connectivity index (χ3n) is 4.50. The van der Waals surface area contributed by atoms with Crippen LogP contribution in [-0.4, -0.2) is 26.0 Å². The molecule has 0 aliphatic heterocycles. The van der Waals surface area contributed by atoms with E-state index >= 15 is 0 Å². The van der Waals surface area contributed by atoms with Crippen molar-refractivity contribution in [1.82, 2.24) is 0 Å². The number of ether oxygens (including phenoxy) is 3. The molecule has 5 heteroatoms. The highest BCUT2D eigenvalue weighted by Crippen LogP contribution is 2.30. The van der Waals surface area contributed by atoms with Crippen LogP contribution in [0.3, 0.4) is 0 Å². The summed E-state index contributed by atoms with van der Waals surface area (Å²) in [5.74, 6) is -0.193. The van der Waals surface area contributed by atoms with Crippen molar-refractivity contribution in [2.45, 2.75) is 51.2 Å². The van der Waals surface area contributed by atoms with E-state index in [0.717, 1.165) is 34.0 Å². The van der Waals surface area contributed by atoms with E-state index in [-0.39, 0.29) is 25.0 Å². The van der Waals surface area contributed by atoms with Crippen LogP contribution in [0.1, 0.15) is 49.8 Å². The third kappa shape index (κ3) is 7.53. The van der Waals surface area contributed by atoms with Gasteiger partial charge in [0.1, 0.15) is 19.0 Å². The Hall–Kier alpha value is -1.44. The molecule has 2 aromatic carbocycles. The average Bonchev–Trinajstić information content (AvgIpc) is 2.72. The number of hydrogen-bond donors (Lipinski definition) is 0. The van der Waals surface area contributed by atoms with Gasteiger partial charge in [-0.1, -0.05) is 61.9 Å². The molecule has 0 heterocycles. The van der Waals surface area contributed by atoms with E-state index in [1.54, 1.807) is 7.11 Å². The van der Waals surface area contributed by atoms with Crippen molar-refractivity contribution in [3.8, 4) is 0 Å². The van der Waals surface area contributed by atoms with Crippen molar-refractivity contribution in [2.75, 3.05) is 13.9 Å². The predicted octanol–water partition coefficient (Wildman–Crippen LogP) is 5.69. The first-order valence-corrected chi connectivity index (χ1v) is 10.8. The Kier molecular flexibility index (Phi) is 10.5. The number of rotatable bonds is 12. The van der Waals surface area contributed by atoms with Crippen LogP contribution in [0.15, 0.2) is 54.6 Å². The van der Waals surface area contributed by atoms with Crippen molar-refractivity contribution < 1.29 is 19.0 Å². The van der Waals surface area contributed by atoms with Crippen LogP contribution in [0.2, 0.25) is 0 Å². The molecule has 0 radical (unpaired) electrons. The number of carbonyl (C=O) groups is 1. The van der Waals surface area contributed by atoms with Crippen LogP contribution in [-0.2, 0) is 25.4 Å². The standard InChI is InChI=1S/C23H29IO4/c1-3-4-14-21(28-22(25)16-15-18-10-6-5-7-11-18)23(27-17-26-2)19-12-8-9-13-20(19)24/h5-13,21,23H,3-4,14-17H2,1-2H3/t21-,23-/m0/s1. The van der Waals surface area contributed by atoms with E-state index in [0.29, 0.717) is 12.8 Å². The average molecular weight is 496 g/mol. The van der Waals surface area contributed by atoms with Crippen LogP contribution >= 0.6 is 22.6 Å². The number of aryl methyl sites for hydroxylation is 1. The van der Waals surface area contributed by atoms with Crippen LogP contribution in [0.4, 0.5) is 0 Å². The van der Waals surface area contributed by atoms with E-state index in [1.165, 1.54) is 0 Å². The first-order valence-electron chi connectivity index (χ1n) is 9.74. The molecule has 2 rings (SSSR count). The quantitative estimate of drug-likeness (QED) is 0.215. The molecule has 0 amide bonds. The van der Waals surface area contributed by atoms with Gasteiger partial charge in [0.05, 0.1) is 0 Å². The second-order valence-corrected chi connectivity index (χ2v) is 7.83. The number of carbonyl (C=O) groups excluding carboxylic acids is 1. The monoisotopic (exact) mass is 496 g/mol. The van der Waals surface area contributed by atoms with E-state index in [9.17, 15) is 4.79 Å². The van der Waals surface area contributed by atoms with E-state index in [1.807, 2.05) is 54.6 Å². The zero-order valence-electron chi connectivity index (χ0n) is 16.6. The topological polar surface area (TPSA) is 44.8 Å². The molecular weight excluding hydrogens is 467 g/mol. The molecule has 0 saturated heterocycles. The molecule has 2 atom stereocenters. The van der Waals surface area contributed by atoms with Crippen LogP contribution in [0.5, 0.6) is 0 Å². The highest BCUT2D eigenvalue weighted by atomic mass is 127. The summed E-state index contributed by atoms with van der Waals surface area (Å²) in [6, 6.07) is 18.0. The Morgan fingerprint density at radius 2 is 1.79 bits per heavy atom. The number of halogens is 1. The predicted molar refractivity (Wildman–Crippen MR) is 119 cm³/mol. The van der Waals surface area contributed by atoms with Gasteiger partial charge >= 0.3 is 5.97 Å². The molecule has 0 saturated carbocycles. The van der Waals surface area contributed by atoms with Gasteiger partial charge in [0.25, 0.3) is 0 Å². The fourth-order valence-electron chi connectivity index (χ4n) is 3.04.